The summed E-state index contributed by atoms with van der Waals surface area (Å²) in [6.07, 6.45) is 0.786. The Morgan fingerprint density at radius 2 is 1.75 bits per heavy atom. The second-order valence-electron chi connectivity index (χ2n) is 5.98. The molecule has 0 aliphatic heterocycles. The summed E-state index contributed by atoms with van der Waals surface area (Å²) < 4.78 is 10.8. The molecule has 0 saturated heterocycles. The van der Waals surface area contributed by atoms with E-state index in [1.165, 1.54) is 0 Å². The lowest BCUT2D eigenvalue weighted by atomic mass is 10.1. The van der Waals surface area contributed by atoms with Gasteiger partial charge in [-0.1, -0.05) is 12.1 Å². The number of benzene rings is 2. The maximum Gasteiger partial charge on any atom is 0.251 e. The summed E-state index contributed by atoms with van der Waals surface area (Å²) in [5.41, 5.74) is 1.75. The van der Waals surface area contributed by atoms with Gasteiger partial charge in [0.2, 0.25) is 0 Å². The van der Waals surface area contributed by atoms with E-state index in [0.29, 0.717) is 31.2 Å². The second-order valence-corrected chi connectivity index (χ2v) is 5.98. The molecule has 1 amide bonds. The molecule has 0 aromatic heterocycles. The number of carbonyl (C=O) groups is 1. The van der Waals surface area contributed by atoms with Crippen LogP contribution in [-0.2, 0) is 6.42 Å². The van der Waals surface area contributed by atoms with Crippen LogP contribution in [-0.4, -0.2) is 52.8 Å². The van der Waals surface area contributed by atoms with Crippen molar-refractivity contribution in [2.45, 2.75) is 6.42 Å². The van der Waals surface area contributed by atoms with Gasteiger partial charge in [0.05, 0.1) is 13.7 Å². The molecular formula is C21H28N4O3. The third-order valence-corrected chi connectivity index (χ3v) is 4.07. The molecule has 0 aliphatic rings. The Morgan fingerprint density at radius 1 is 1.04 bits per heavy atom. The van der Waals surface area contributed by atoms with Crippen molar-refractivity contribution >= 4 is 11.9 Å². The van der Waals surface area contributed by atoms with Gasteiger partial charge in [-0.15, -0.1) is 0 Å². The Bertz CT molecular complexity index is 775. The molecule has 150 valence electrons. The molecule has 7 nitrogen and oxygen atoms in total. The highest BCUT2D eigenvalue weighted by Gasteiger charge is 2.04. The van der Waals surface area contributed by atoms with Crippen molar-refractivity contribution in [3.63, 3.8) is 0 Å². The van der Waals surface area contributed by atoms with Crippen LogP contribution in [0.4, 0.5) is 0 Å². The Hall–Kier alpha value is -3.22. The van der Waals surface area contributed by atoms with Crippen LogP contribution in [0.1, 0.15) is 15.9 Å². The molecule has 0 aliphatic carbocycles. The number of aliphatic imine (C=N–C) groups is 1. The summed E-state index contributed by atoms with van der Waals surface area (Å²) in [4.78, 5) is 15.9. The zero-order valence-corrected chi connectivity index (χ0v) is 16.6. The fraction of sp³-hybridized carbons (Fsp3) is 0.333. The van der Waals surface area contributed by atoms with E-state index in [-0.39, 0.29) is 5.91 Å². The molecule has 0 fully saturated rings. The van der Waals surface area contributed by atoms with Gasteiger partial charge in [0.15, 0.2) is 5.96 Å². The fourth-order valence-corrected chi connectivity index (χ4v) is 2.57. The summed E-state index contributed by atoms with van der Waals surface area (Å²) in [6, 6.07) is 15.1. The molecule has 3 N–H and O–H groups in total. The molecule has 0 unspecified atom stereocenters. The lowest BCUT2D eigenvalue weighted by Crippen LogP contribution is -2.40. The third kappa shape index (κ3) is 6.83. The van der Waals surface area contributed by atoms with Crippen molar-refractivity contribution in [1.29, 1.82) is 0 Å². The topological polar surface area (TPSA) is 84.0 Å². The molecule has 0 bridgehead atoms. The SMILES string of the molecule is CN=C(NCCOc1ccc(OC)cc1)NCCc1cccc(C(=O)NC)c1. The van der Waals surface area contributed by atoms with E-state index in [2.05, 4.69) is 20.9 Å². The Balaban J connectivity index is 1.69. The van der Waals surface area contributed by atoms with Crippen molar-refractivity contribution in [2.75, 3.05) is 40.9 Å². The van der Waals surface area contributed by atoms with Gasteiger partial charge in [0, 0.05) is 26.2 Å². The van der Waals surface area contributed by atoms with Gasteiger partial charge in [0.25, 0.3) is 5.91 Å². The summed E-state index contributed by atoms with van der Waals surface area (Å²) in [6.45, 7) is 1.84. The van der Waals surface area contributed by atoms with Crippen LogP contribution in [0, 0.1) is 0 Å². The van der Waals surface area contributed by atoms with E-state index in [0.717, 1.165) is 23.5 Å². The quantitative estimate of drug-likeness (QED) is 0.349. The average molecular weight is 384 g/mol. The maximum absolute atomic E-state index is 11.7. The van der Waals surface area contributed by atoms with Crippen LogP contribution in [0.25, 0.3) is 0 Å². The molecule has 28 heavy (non-hydrogen) atoms. The zero-order valence-electron chi connectivity index (χ0n) is 16.6. The number of hydrogen-bond acceptors (Lipinski definition) is 4. The number of nitrogens with one attached hydrogen (secondary N) is 3. The molecule has 0 radical (unpaired) electrons. The van der Waals surface area contributed by atoms with E-state index < -0.39 is 0 Å². The number of rotatable bonds is 9. The Labute approximate surface area is 166 Å². The van der Waals surface area contributed by atoms with Crippen molar-refractivity contribution in [2.24, 2.45) is 4.99 Å². The Kier molecular flexibility index (Phi) is 8.65. The molecule has 0 atom stereocenters. The first-order valence-corrected chi connectivity index (χ1v) is 9.18. The fourth-order valence-electron chi connectivity index (χ4n) is 2.57. The lowest BCUT2D eigenvalue weighted by Gasteiger charge is -2.13. The van der Waals surface area contributed by atoms with Crippen LogP contribution >= 0.6 is 0 Å². The predicted molar refractivity (Wildman–Crippen MR) is 111 cm³/mol. The van der Waals surface area contributed by atoms with E-state index in [4.69, 9.17) is 9.47 Å². The molecule has 2 aromatic rings. The molecular weight excluding hydrogens is 356 g/mol. The van der Waals surface area contributed by atoms with Crippen LogP contribution in [0.5, 0.6) is 11.5 Å². The first-order chi connectivity index (χ1) is 13.7. The monoisotopic (exact) mass is 384 g/mol. The number of hydrogen-bond donors (Lipinski definition) is 3. The number of ether oxygens (including phenoxy) is 2. The lowest BCUT2D eigenvalue weighted by molar-refractivity contribution is 0.0963. The number of carbonyl (C=O) groups excluding carboxylic acids is 1. The largest absolute Gasteiger partial charge is 0.497 e. The summed E-state index contributed by atoms with van der Waals surface area (Å²) in [5, 5.41) is 9.11. The second kappa shape index (κ2) is 11.5. The number of methoxy groups -OCH3 is 1. The maximum atomic E-state index is 11.7. The van der Waals surface area contributed by atoms with E-state index >= 15 is 0 Å². The van der Waals surface area contributed by atoms with Crippen molar-refractivity contribution in [3.8, 4) is 11.5 Å². The zero-order chi connectivity index (χ0) is 20.2. The normalized spacial score (nSPS) is 10.9. The molecule has 7 heteroatoms. The van der Waals surface area contributed by atoms with Gasteiger partial charge >= 0.3 is 0 Å². The highest BCUT2D eigenvalue weighted by atomic mass is 16.5. The van der Waals surface area contributed by atoms with Crippen molar-refractivity contribution in [1.82, 2.24) is 16.0 Å². The molecule has 2 rings (SSSR count). The molecule has 0 saturated carbocycles. The number of amides is 1. The van der Waals surface area contributed by atoms with Gasteiger partial charge in [-0.3, -0.25) is 9.79 Å². The minimum absolute atomic E-state index is 0.0795. The van der Waals surface area contributed by atoms with Crippen LogP contribution in [0.2, 0.25) is 0 Å². The van der Waals surface area contributed by atoms with E-state index in [1.54, 1.807) is 27.3 Å². The minimum Gasteiger partial charge on any atom is -0.497 e. The molecule has 2 aromatic carbocycles. The first-order valence-electron chi connectivity index (χ1n) is 9.18. The van der Waals surface area contributed by atoms with Crippen LogP contribution < -0.4 is 25.4 Å². The average Bonchev–Trinajstić information content (AvgIpc) is 2.75. The van der Waals surface area contributed by atoms with E-state index in [9.17, 15) is 4.79 Å². The summed E-state index contributed by atoms with van der Waals surface area (Å²) in [7, 11) is 4.99. The predicted octanol–water partition coefficient (Wildman–Crippen LogP) is 1.84. The highest BCUT2D eigenvalue weighted by Crippen LogP contribution is 2.16. The summed E-state index contributed by atoms with van der Waals surface area (Å²) >= 11 is 0. The van der Waals surface area contributed by atoms with Gasteiger partial charge < -0.3 is 25.4 Å². The van der Waals surface area contributed by atoms with Gasteiger partial charge in [0.1, 0.15) is 18.1 Å². The Morgan fingerprint density at radius 3 is 2.43 bits per heavy atom. The van der Waals surface area contributed by atoms with Gasteiger partial charge in [-0.2, -0.15) is 0 Å². The summed E-state index contributed by atoms with van der Waals surface area (Å²) in [5.74, 6) is 2.22. The standard InChI is InChI=1S/C21H28N4O3/c1-22-20(26)17-6-4-5-16(15-17)11-12-24-21(23-2)25-13-14-28-19-9-7-18(27-3)8-10-19/h4-10,15H,11-14H2,1-3H3,(H,22,26)(H2,23,24,25). The van der Waals surface area contributed by atoms with Crippen molar-refractivity contribution in [3.05, 3.63) is 59.7 Å². The first kappa shape index (κ1) is 21.1. The number of guanidine groups is 1. The van der Waals surface area contributed by atoms with Crippen LogP contribution in [0.3, 0.4) is 0 Å². The number of nitrogens with zero attached hydrogens (tertiary/aromatic N) is 1. The smallest absolute Gasteiger partial charge is 0.251 e. The van der Waals surface area contributed by atoms with Gasteiger partial charge in [-0.25, -0.2) is 0 Å². The highest BCUT2D eigenvalue weighted by molar-refractivity contribution is 5.94. The van der Waals surface area contributed by atoms with Gasteiger partial charge in [-0.05, 0) is 48.4 Å². The third-order valence-electron chi connectivity index (χ3n) is 4.07. The minimum atomic E-state index is -0.0795. The molecule has 0 heterocycles. The van der Waals surface area contributed by atoms with E-state index in [1.807, 2.05) is 42.5 Å². The van der Waals surface area contributed by atoms with Crippen LogP contribution in [0.15, 0.2) is 53.5 Å². The molecule has 0 spiro atoms. The van der Waals surface area contributed by atoms with Crippen molar-refractivity contribution < 1.29 is 14.3 Å².